The number of nitrogens with zero attached hydrogens (tertiary/aromatic N) is 1. The van der Waals surface area contributed by atoms with Crippen molar-refractivity contribution < 1.29 is 30.0 Å². The van der Waals surface area contributed by atoms with E-state index in [0.717, 1.165) is 16.8 Å². The summed E-state index contributed by atoms with van der Waals surface area (Å²) in [6.45, 7) is 19.6. The molecule has 1 heterocycles. The third-order valence-electron chi connectivity index (χ3n) is 5.65. The van der Waals surface area contributed by atoms with Crippen LogP contribution in [-0.2, 0) is 24.9 Å². The van der Waals surface area contributed by atoms with Crippen molar-refractivity contribution in [2.24, 2.45) is 10.8 Å². The van der Waals surface area contributed by atoms with Crippen LogP contribution < -0.4 is 0 Å². The largest absolute Gasteiger partial charge is 0.512 e. The van der Waals surface area contributed by atoms with Crippen molar-refractivity contribution in [3.05, 3.63) is 76.6 Å². The first-order valence-corrected chi connectivity index (χ1v) is 11.4. The predicted molar refractivity (Wildman–Crippen MR) is 140 cm³/mol. The second-order valence-electron chi connectivity index (χ2n) is 11.0. The molecule has 1 N–H and O–H groups in total. The first kappa shape index (κ1) is 29.7. The third-order valence-corrected chi connectivity index (χ3v) is 5.65. The summed E-state index contributed by atoms with van der Waals surface area (Å²) >= 11 is 0. The van der Waals surface area contributed by atoms with Gasteiger partial charge in [0.25, 0.3) is 0 Å². The molecule has 3 rings (SSSR count). The number of carbonyl (C=O) groups excluding carboxylic acids is 1. The number of hydrogen-bond acceptors (Lipinski definition) is 3. The molecule has 0 saturated carbocycles. The maximum Gasteiger partial charge on any atom is 0.164 e. The summed E-state index contributed by atoms with van der Waals surface area (Å²) in [5.41, 5.74) is 7.42. The van der Waals surface area contributed by atoms with Gasteiger partial charge in [-0.1, -0.05) is 73.6 Å². The van der Waals surface area contributed by atoms with E-state index in [2.05, 4.69) is 64.1 Å². The molecule has 3 aromatic rings. The summed E-state index contributed by atoms with van der Waals surface area (Å²) < 4.78 is 0. The van der Waals surface area contributed by atoms with E-state index in [1.54, 1.807) is 0 Å². The molecule has 0 atom stereocenters. The molecular formula is C30H38IrNO2-. The van der Waals surface area contributed by atoms with Crippen LogP contribution in [0.1, 0.15) is 63.8 Å². The van der Waals surface area contributed by atoms with E-state index in [9.17, 15) is 9.90 Å². The fraction of sp³-hybridized carbons (Fsp3) is 0.400. The minimum Gasteiger partial charge on any atom is -0.512 e. The molecule has 1 aromatic heterocycles. The van der Waals surface area contributed by atoms with Crippen LogP contribution in [0.3, 0.4) is 0 Å². The third kappa shape index (κ3) is 7.89. The second kappa shape index (κ2) is 11.4. The smallest absolute Gasteiger partial charge is 0.164 e. The van der Waals surface area contributed by atoms with Crippen molar-refractivity contribution in [1.82, 2.24) is 4.98 Å². The normalized spacial score (nSPS) is 12.0. The van der Waals surface area contributed by atoms with Gasteiger partial charge in [0, 0.05) is 42.4 Å². The first-order chi connectivity index (χ1) is 15.1. The fourth-order valence-electron chi connectivity index (χ4n) is 3.03. The summed E-state index contributed by atoms with van der Waals surface area (Å²) in [4.78, 5) is 16.3. The number of hydrogen-bond donors (Lipinski definition) is 1. The topological polar surface area (TPSA) is 50.2 Å². The van der Waals surface area contributed by atoms with E-state index in [4.69, 9.17) is 4.98 Å². The van der Waals surface area contributed by atoms with Crippen LogP contribution in [0.15, 0.2) is 48.2 Å². The zero-order valence-electron chi connectivity index (χ0n) is 22.2. The molecule has 3 nitrogen and oxygen atoms in total. The Balaban J connectivity index is 0.000000364. The Kier molecular flexibility index (Phi) is 9.99. The van der Waals surface area contributed by atoms with Gasteiger partial charge in [-0.15, -0.1) is 34.9 Å². The van der Waals surface area contributed by atoms with Crippen molar-refractivity contribution in [2.75, 3.05) is 0 Å². The van der Waals surface area contributed by atoms with Gasteiger partial charge in [0.05, 0.1) is 5.52 Å². The molecule has 0 spiro atoms. The molecule has 0 unspecified atom stereocenters. The fourth-order valence-corrected chi connectivity index (χ4v) is 3.03. The SMILES string of the molecule is CC(C)(C)C(=O)/C=C(\O)C(C)(C)C.Cc1ccc2c(C)cc(-c3[c-]cc(C)c(C)c3)nc2c1.[Ir]. The van der Waals surface area contributed by atoms with Crippen LogP contribution in [0, 0.1) is 44.6 Å². The minimum absolute atomic E-state index is 0. The average molecular weight is 637 g/mol. The van der Waals surface area contributed by atoms with Crippen molar-refractivity contribution in [2.45, 2.75) is 69.2 Å². The Morgan fingerprint density at radius 2 is 1.50 bits per heavy atom. The van der Waals surface area contributed by atoms with E-state index in [1.165, 1.54) is 33.7 Å². The molecule has 0 aliphatic heterocycles. The van der Waals surface area contributed by atoms with Crippen LogP contribution in [0.2, 0.25) is 0 Å². The summed E-state index contributed by atoms with van der Waals surface area (Å²) in [5, 5.41) is 10.8. The number of benzene rings is 2. The number of carbonyl (C=O) groups is 1. The van der Waals surface area contributed by atoms with Crippen LogP contribution in [0.5, 0.6) is 0 Å². The maximum atomic E-state index is 11.5. The summed E-state index contributed by atoms with van der Waals surface area (Å²) in [6, 6.07) is 16.1. The van der Waals surface area contributed by atoms with Gasteiger partial charge >= 0.3 is 0 Å². The Hall–Kier alpha value is -2.29. The molecule has 4 heteroatoms. The van der Waals surface area contributed by atoms with Crippen molar-refractivity contribution in [3.63, 3.8) is 0 Å². The van der Waals surface area contributed by atoms with Crippen LogP contribution in [0.25, 0.3) is 22.2 Å². The van der Waals surface area contributed by atoms with Crippen LogP contribution in [0.4, 0.5) is 0 Å². The number of aromatic nitrogens is 1. The Morgan fingerprint density at radius 1 is 0.882 bits per heavy atom. The summed E-state index contributed by atoms with van der Waals surface area (Å²) in [7, 11) is 0. The molecule has 0 bridgehead atoms. The number of ketones is 1. The number of aryl methyl sites for hydroxylation is 4. The number of fused-ring (bicyclic) bond motifs is 1. The quantitative estimate of drug-likeness (QED) is 0.176. The monoisotopic (exact) mass is 637 g/mol. The van der Waals surface area contributed by atoms with Gasteiger partial charge in [0.2, 0.25) is 0 Å². The van der Waals surface area contributed by atoms with Crippen molar-refractivity contribution in [1.29, 1.82) is 0 Å². The molecule has 0 amide bonds. The van der Waals surface area contributed by atoms with Gasteiger partial charge in [-0.3, -0.25) is 9.78 Å². The summed E-state index contributed by atoms with van der Waals surface area (Å²) in [6.07, 6.45) is 1.33. The van der Waals surface area contributed by atoms with Crippen molar-refractivity contribution >= 4 is 16.7 Å². The predicted octanol–water partition coefficient (Wildman–Crippen LogP) is 8.02. The van der Waals surface area contributed by atoms with Crippen molar-refractivity contribution in [3.8, 4) is 11.3 Å². The van der Waals surface area contributed by atoms with Gasteiger partial charge in [0.1, 0.15) is 5.76 Å². The zero-order chi connectivity index (χ0) is 25.1. The standard InChI is InChI=1S/C19H18N.C11H20O2.Ir/c1-12-5-8-17-15(4)11-18(20-19(17)9-12)16-7-6-13(2)14(3)10-16;1-10(2,3)8(12)7-9(13)11(4,5)6;/h5-6,8-11H,1-4H3;7,12H,1-6H3;/q-1;;/b;8-7-;. The van der Waals surface area contributed by atoms with Crippen LogP contribution in [-0.4, -0.2) is 15.9 Å². The molecule has 34 heavy (non-hydrogen) atoms. The van der Waals surface area contributed by atoms with E-state index >= 15 is 0 Å². The number of aliphatic hydroxyl groups is 1. The number of pyridine rings is 1. The summed E-state index contributed by atoms with van der Waals surface area (Å²) in [5.74, 6) is 0.104. The minimum atomic E-state index is -0.417. The van der Waals surface area contributed by atoms with Gasteiger partial charge in [-0.05, 0) is 36.7 Å². The molecule has 0 aliphatic rings. The van der Waals surface area contributed by atoms with Gasteiger partial charge in [-0.25, -0.2) is 0 Å². The van der Waals surface area contributed by atoms with E-state index in [0.29, 0.717) is 0 Å². The number of aliphatic hydroxyl groups excluding tert-OH is 1. The van der Waals surface area contributed by atoms with Gasteiger partial charge in [0.15, 0.2) is 5.78 Å². The first-order valence-electron chi connectivity index (χ1n) is 11.4. The Bertz CT molecular complexity index is 1190. The van der Waals surface area contributed by atoms with E-state index in [1.807, 2.05) is 47.6 Å². The molecule has 185 valence electrons. The molecule has 0 saturated heterocycles. The molecule has 1 radical (unpaired) electrons. The average Bonchev–Trinajstić information content (AvgIpc) is 2.68. The van der Waals surface area contributed by atoms with Gasteiger partial charge < -0.3 is 5.11 Å². The molecule has 2 aromatic carbocycles. The molecule has 0 aliphatic carbocycles. The number of allylic oxidation sites excluding steroid dienone is 2. The Morgan fingerprint density at radius 3 is 2.03 bits per heavy atom. The van der Waals surface area contributed by atoms with E-state index in [-0.39, 0.29) is 37.1 Å². The Labute approximate surface area is 219 Å². The van der Waals surface area contributed by atoms with Crippen LogP contribution >= 0.6 is 0 Å². The second-order valence-corrected chi connectivity index (χ2v) is 11.0. The molecular weight excluding hydrogens is 599 g/mol. The van der Waals surface area contributed by atoms with Gasteiger partial charge in [-0.2, -0.15) is 0 Å². The zero-order valence-corrected chi connectivity index (χ0v) is 24.6. The number of rotatable bonds is 2. The molecule has 0 fully saturated rings. The maximum absolute atomic E-state index is 11.5. The van der Waals surface area contributed by atoms with E-state index < -0.39 is 5.41 Å².